The minimum Gasteiger partial charge on any atom is -0.450 e. The zero-order valence-corrected chi connectivity index (χ0v) is 15.3. The van der Waals surface area contributed by atoms with Crippen molar-refractivity contribution >= 4 is 23.8 Å². The van der Waals surface area contributed by atoms with E-state index in [2.05, 4.69) is 5.32 Å². The van der Waals surface area contributed by atoms with Gasteiger partial charge in [-0.3, -0.25) is 19.3 Å². The van der Waals surface area contributed by atoms with E-state index < -0.39 is 0 Å². The van der Waals surface area contributed by atoms with Crippen LogP contribution < -0.4 is 5.32 Å². The maximum absolute atomic E-state index is 12.3. The summed E-state index contributed by atoms with van der Waals surface area (Å²) in [6.45, 7) is 3.22. The highest BCUT2D eigenvalue weighted by Crippen LogP contribution is 2.22. The van der Waals surface area contributed by atoms with Crippen LogP contribution >= 0.6 is 0 Å². The van der Waals surface area contributed by atoms with Crippen molar-refractivity contribution in [3.05, 3.63) is 35.4 Å². The lowest BCUT2D eigenvalue weighted by atomic mass is 10.1. The third-order valence-corrected chi connectivity index (χ3v) is 4.83. The first-order valence-corrected chi connectivity index (χ1v) is 9.17. The molecule has 0 radical (unpaired) electrons. The molecule has 1 aromatic carbocycles. The van der Waals surface area contributed by atoms with Gasteiger partial charge in [-0.1, -0.05) is 12.1 Å². The first-order valence-electron chi connectivity index (χ1n) is 9.17. The Morgan fingerprint density at radius 2 is 1.70 bits per heavy atom. The molecule has 0 atom stereocenters. The Bertz CT molecular complexity index is 720. The van der Waals surface area contributed by atoms with Crippen LogP contribution in [0, 0.1) is 0 Å². The summed E-state index contributed by atoms with van der Waals surface area (Å²) in [5.74, 6) is -0.918. The molecule has 1 fully saturated rings. The second-order valence-corrected chi connectivity index (χ2v) is 6.59. The van der Waals surface area contributed by atoms with Crippen molar-refractivity contribution in [1.29, 1.82) is 0 Å². The number of piperidine rings is 1. The fourth-order valence-electron chi connectivity index (χ4n) is 3.38. The lowest BCUT2D eigenvalue weighted by molar-refractivity contribution is -0.122. The van der Waals surface area contributed by atoms with Crippen LogP contribution in [0.25, 0.3) is 0 Å². The van der Waals surface area contributed by atoms with Gasteiger partial charge in [0.25, 0.3) is 11.8 Å². The van der Waals surface area contributed by atoms with Gasteiger partial charge < -0.3 is 15.0 Å². The number of imide groups is 1. The summed E-state index contributed by atoms with van der Waals surface area (Å²) in [4.78, 5) is 51.2. The molecule has 1 saturated heterocycles. The second kappa shape index (κ2) is 8.20. The molecule has 1 N–H and O–H groups in total. The minimum atomic E-state index is -0.355. The topological polar surface area (TPSA) is 96.0 Å². The van der Waals surface area contributed by atoms with E-state index in [0.717, 1.165) is 4.90 Å². The predicted molar refractivity (Wildman–Crippen MR) is 96.2 cm³/mol. The molecule has 0 spiro atoms. The van der Waals surface area contributed by atoms with E-state index in [4.69, 9.17) is 4.74 Å². The molecule has 2 heterocycles. The van der Waals surface area contributed by atoms with Crippen LogP contribution in [0.2, 0.25) is 0 Å². The van der Waals surface area contributed by atoms with Crippen LogP contribution in [0.3, 0.4) is 0 Å². The van der Waals surface area contributed by atoms with Crippen molar-refractivity contribution in [2.45, 2.75) is 32.2 Å². The molecular formula is C19H23N3O5. The van der Waals surface area contributed by atoms with Gasteiger partial charge in [-0.05, 0) is 31.9 Å². The van der Waals surface area contributed by atoms with E-state index in [9.17, 15) is 19.2 Å². The molecule has 8 heteroatoms. The van der Waals surface area contributed by atoms with E-state index in [0.29, 0.717) is 43.7 Å². The van der Waals surface area contributed by atoms with Gasteiger partial charge in [0.05, 0.1) is 17.7 Å². The lowest BCUT2D eigenvalue weighted by Crippen LogP contribution is -2.47. The van der Waals surface area contributed by atoms with Crippen molar-refractivity contribution < 1.29 is 23.9 Å². The Kier molecular flexibility index (Phi) is 5.73. The summed E-state index contributed by atoms with van der Waals surface area (Å²) < 4.78 is 4.97. The van der Waals surface area contributed by atoms with Gasteiger partial charge in [0.1, 0.15) is 0 Å². The first kappa shape index (κ1) is 18.9. The number of benzene rings is 1. The minimum absolute atomic E-state index is 0.0228. The lowest BCUT2D eigenvalue weighted by Gasteiger charge is -2.31. The Morgan fingerprint density at radius 1 is 1.11 bits per heavy atom. The van der Waals surface area contributed by atoms with Gasteiger partial charge >= 0.3 is 6.09 Å². The summed E-state index contributed by atoms with van der Waals surface area (Å²) in [6.07, 6.45) is 1.03. The Balaban J connectivity index is 1.44. The number of carbonyl (C=O) groups is 4. The maximum Gasteiger partial charge on any atom is 0.409 e. The number of fused-ring (bicyclic) bond motifs is 1. The van der Waals surface area contributed by atoms with Gasteiger partial charge in [0.2, 0.25) is 5.91 Å². The molecule has 2 aliphatic heterocycles. The standard InChI is InChI=1S/C19H23N3O5/c1-2-27-19(26)21-10-7-13(8-11-21)20-16(23)9-12-22-17(24)14-5-3-4-6-15(14)18(22)25/h3-6,13H,2,7-12H2,1H3,(H,20,23). The molecule has 144 valence electrons. The summed E-state index contributed by atoms with van der Waals surface area (Å²) in [5, 5.41) is 2.92. The summed E-state index contributed by atoms with van der Waals surface area (Å²) in [7, 11) is 0. The quantitative estimate of drug-likeness (QED) is 0.788. The van der Waals surface area contributed by atoms with E-state index >= 15 is 0 Å². The van der Waals surface area contributed by atoms with Gasteiger partial charge in [-0.25, -0.2) is 4.79 Å². The molecule has 3 rings (SSSR count). The number of likely N-dealkylation sites (tertiary alicyclic amines) is 1. The van der Waals surface area contributed by atoms with Crippen LogP contribution in [0.5, 0.6) is 0 Å². The summed E-state index contributed by atoms with van der Waals surface area (Å²) in [6, 6.07) is 6.64. The average molecular weight is 373 g/mol. The van der Waals surface area contributed by atoms with Gasteiger partial charge in [0.15, 0.2) is 0 Å². The second-order valence-electron chi connectivity index (χ2n) is 6.59. The normalized spacial score (nSPS) is 17.1. The fourth-order valence-corrected chi connectivity index (χ4v) is 3.38. The number of ether oxygens (including phenoxy) is 1. The van der Waals surface area contributed by atoms with Crippen LogP contribution in [0.15, 0.2) is 24.3 Å². The number of hydrogen-bond donors (Lipinski definition) is 1. The highest BCUT2D eigenvalue weighted by Gasteiger charge is 2.35. The smallest absolute Gasteiger partial charge is 0.409 e. The molecule has 0 aromatic heterocycles. The third kappa shape index (κ3) is 4.10. The highest BCUT2D eigenvalue weighted by molar-refractivity contribution is 6.21. The first-order chi connectivity index (χ1) is 13.0. The van der Waals surface area contributed by atoms with Gasteiger partial charge in [0, 0.05) is 32.1 Å². The SMILES string of the molecule is CCOC(=O)N1CCC(NC(=O)CCN2C(=O)c3ccccc3C2=O)CC1. The van der Waals surface area contributed by atoms with Gasteiger partial charge in [-0.2, -0.15) is 0 Å². The average Bonchev–Trinajstić information content (AvgIpc) is 2.92. The number of carbonyl (C=O) groups excluding carboxylic acids is 4. The van der Waals surface area contributed by atoms with Crippen LogP contribution in [-0.4, -0.2) is 65.9 Å². The van der Waals surface area contributed by atoms with Crippen molar-refractivity contribution in [3.63, 3.8) is 0 Å². The number of amides is 4. The number of hydrogen-bond acceptors (Lipinski definition) is 5. The van der Waals surface area contributed by atoms with Crippen molar-refractivity contribution in [2.24, 2.45) is 0 Å². The number of nitrogens with one attached hydrogen (secondary N) is 1. The van der Waals surface area contributed by atoms with Crippen LogP contribution in [0.1, 0.15) is 46.9 Å². The molecule has 0 saturated carbocycles. The van der Waals surface area contributed by atoms with Crippen molar-refractivity contribution in [3.8, 4) is 0 Å². The molecule has 1 aromatic rings. The van der Waals surface area contributed by atoms with Crippen LogP contribution in [-0.2, 0) is 9.53 Å². The van der Waals surface area contributed by atoms with E-state index in [1.54, 1.807) is 36.1 Å². The molecular weight excluding hydrogens is 350 g/mol. The molecule has 27 heavy (non-hydrogen) atoms. The molecule has 2 aliphatic rings. The zero-order chi connectivity index (χ0) is 19.4. The maximum atomic E-state index is 12.3. The summed E-state index contributed by atoms with van der Waals surface area (Å²) >= 11 is 0. The van der Waals surface area contributed by atoms with Gasteiger partial charge in [-0.15, -0.1) is 0 Å². The molecule has 4 amide bonds. The monoisotopic (exact) mass is 373 g/mol. The predicted octanol–water partition coefficient (Wildman–Crippen LogP) is 1.41. The van der Waals surface area contributed by atoms with Crippen molar-refractivity contribution in [2.75, 3.05) is 26.2 Å². The number of rotatable bonds is 5. The molecule has 0 aliphatic carbocycles. The highest BCUT2D eigenvalue weighted by atomic mass is 16.6. The van der Waals surface area contributed by atoms with Crippen molar-refractivity contribution in [1.82, 2.24) is 15.1 Å². The fraction of sp³-hybridized carbons (Fsp3) is 0.474. The number of nitrogens with zero attached hydrogens (tertiary/aromatic N) is 2. The van der Waals surface area contributed by atoms with E-state index in [1.165, 1.54) is 0 Å². The zero-order valence-electron chi connectivity index (χ0n) is 15.3. The third-order valence-electron chi connectivity index (χ3n) is 4.83. The Hall–Kier alpha value is -2.90. The Morgan fingerprint density at radius 3 is 2.26 bits per heavy atom. The van der Waals surface area contributed by atoms with Crippen LogP contribution in [0.4, 0.5) is 4.79 Å². The molecule has 0 bridgehead atoms. The van der Waals surface area contributed by atoms with E-state index in [-0.39, 0.29) is 42.8 Å². The largest absolute Gasteiger partial charge is 0.450 e. The Labute approximate surface area is 157 Å². The van der Waals surface area contributed by atoms with E-state index in [1.807, 2.05) is 0 Å². The molecule has 8 nitrogen and oxygen atoms in total. The summed E-state index contributed by atoms with van der Waals surface area (Å²) in [5.41, 5.74) is 0.767. The molecule has 0 unspecified atom stereocenters.